The standard InChI is InChI=1S/C8H13N3O2S/c1-11(2)6-7-4-9-8(10-5-7)14(3,12)13/h4-5H,6H2,1-3H3. The average molecular weight is 215 g/mol. The van der Waals surface area contributed by atoms with Gasteiger partial charge in [-0.15, -0.1) is 0 Å². The fourth-order valence-corrected chi connectivity index (χ4v) is 1.47. The summed E-state index contributed by atoms with van der Waals surface area (Å²) >= 11 is 0. The molecule has 0 aliphatic carbocycles. The highest BCUT2D eigenvalue weighted by Crippen LogP contribution is 2.03. The lowest BCUT2D eigenvalue weighted by Crippen LogP contribution is -2.12. The number of sulfone groups is 1. The van der Waals surface area contributed by atoms with Crippen LogP contribution in [-0.2, 0) is 16.4 Å². The van der Waals surface area contributed by atoms with Crippen molar-refractivity contribution in [2.45, 2.75) is 11.7 Å². The smallest absolute Gasteiger partial charge is 0.246 e. The van der Waals surface area contributed by atoms with Crippen LogP contribution in [0.1, 0.15) is 5.56 Å². The molecule has 0 aromatic carbocycles. The van der Waals surface area contributed by atoms with Crippen molar-refractivity contribution in [3.05, 3.63) is 18.0 Å². The second-order valence-electron chi connectivity index (χ2n) is 3.38. The van der Waals surface area contributed by atoms with Crippen molar-refractivity contribution in [2.24, 2.45) is 0 Å². The summed E-state index contributed by atoms with van der Waals surface area (Å²) in [4.78, 5) is 9.51. The number of hydrogen-bond acceptors (Lipinski definition) is 5. The van der Waals surface area contributed by atoms with Gasteiger partial charge in [0.2, 0.25) is 15.0 Å². The molecule has 0 saturated heterocycles. The average Bonchev–Trinajstić information content (AvgIpc) is 2.02. The minimum atomic E-state index is -3.28. The summed E-state index contributed by atoms with van der Waals surface area (Å²) in [7, 11) is 0.558. The Hall–Kier alpha value is -1.01. The molecule has 0 amide bonds. The van der Waals surface area contributed by atoms with E-state index in [9.17, 15) is 8.42 Å². The van der Waals surface area contributed by atoms with Crippen LogP contribution >= 0.6 is 0 Å². The maximum absolute atomic E-state index is 11.0. The van der Waals surface area contributed by atoms with Crippen LogP contribution in [0.3, 0.4) is 0 Å². The van der Waals surface area contributed by atoms with E-state index in [4.69, 9.17) is 0 Å². The molecule has 1 rings (SSSR count). The van der Waals surface area contributed by atoms with Crippen molar-refractivity contribution in [2.75, 3.05) is 20.4 Å². The van der Waals surface area contributed by atoms with Crippen molar-refractivity contribution in [1.82, 2.24) is 14.9 Å². The highest BCUT2D eigenvalue weighted by molar-refractivity contribution is 7.90. The number of nitrogens with zero attached hydrogens (tertiary/aromatic N) is 3. The quantitative estimate of drug-likeness (QED) is 0.661. The van der Waals surface area contributed by atoms with Crippen LogP contribution in [-0.4, -0.2) is 43.6 Å². The maximum atomic E-state index is 11.0. The Bertz CT molecular complexity index is 397. The molecule has 0 unspecified atom stereocenters. The van der Waals surface area contributed by atoms with E-state index in [0.29, 0.717) is 6.54 Å². The zero-order chi connectivity index (χ0) is 10.8. The van der Waals surface area contributed by atoms with Crippen LogP contribution in [0.5, 0.6) is 0 Å². The molecule has 1 aromatic rings. The van der Waals surface area contributed by atoms with Gasteiger partial charge in [-0.05, 0) is 14.1 Å². The van der Waals surface area contributed by atoms with E-state index in [2.05, 4.69) is 9.97 Å². The van der Waals surface area contributed by atoms with Gasteiger partial charge in [0.25, 0.3) is 0 Å². The lowest BCUT2D eigenvalue weighted by atomic mass is 10.3. The molecule has 0 spiro atoms. The SMILES string of the molecule is CN(C)Cc1cnc(S(C)(=O)=O)nc1. The number of aromatic nitrogens is 2. The third-order valence-electron chi connectivity index (χ3n) is 1.51. The molecular weight excluding hydrogens is 202 g/mol. The summed E-state index contributed by atoms with van der Waals surface area (Å²) in [5.74, 6) is 0. The first-order valence-corrected chi connectivity index (χ1v) is 5.94. The number of rotatable bonds is 3. The topological polar surface area (TPSA) is 63.2 Å². The molecule has 0 saturated carbocycles. The van der Waals surface area contributed by atoms with Crippen LogP contribution in [0.2, 0.25) is 0 Å². The van der Waals surface area contributed by atoms with Crippen LogP contribution in [0.25, 0.3) is 0 Å². The first-order chi connectivity index (χ1) is 6.39. The summed E-state index contributed by atoms with van der Waals surface area (Å²) in [5, 5.41) is -0.125. The molecule has 0 aliphatic heterocycles. The molecular formula is C8H13N3O2S. The molecule has 0 bridgehead atoms. The third-order valence-corrected chi connectivity index (χ3v) is 2.39. The van der Waals surface area contributed by atoms with Gasteiger partial charge in [0.05, 0.1) is 0 Å². The Morgan fingerprint density at radius 2 is 1.79 bits per heavy atom. The van der Waals surface area contributed by atoms with Gasteiger partial charge in [0.1, 0.15) is 0 Å². The summed E-state index contributed by atoms with van der Waals surface area (Å²) < 4.78 is 22.1. The van der Waals surface area contributed by atoms with Crippen LogP contribution in [0.4, 0.5) is 0 Å². The second-order valence-corrected chi connectivity index (χ2v) is 5.29. The minimum Gasteiger partial charge on any atom is -0.305 e. The van der Waals surface area contributed by atoms with E-state index < -0.39 is 9.84 Å². The highest BCUT2D eigenvalue weighted by atomic mass is 32.2. The Kier molecular flexibility index (Phi) is 3.17. The lowest BCUT2D eigenvalue weighted by Gasteiger charge is -2.08. The van der Waals surface area contributed by atoms with Gasteiger partial charge in [-0.25, -0.2) is 18.4 Å². The van der Waals surface area contributed by atoms with Gasteiger partial charge in [-0.3, -0.25) is 0 Å². The molecule has 0 fully saturated rings. The fourth-order valence-electron chi connectivity index (χ4n) is 0.981. The first kappa shape index (κ1) is 11.1. The highest BCUT2D eigenvalue weighted by Gasteiger charge is 2.09. The Morgan fingerprint density at radius 1 is 1.29 bits per heavy atom. The third kappa shape index (κ3) is 3.04. The van der Waals surface area contributed by atoms with Crippen molar-refractivity contribution < 1.29 is 8.42 Å². The number of hydrogen-bond donors (Lipinski definition) is 0. The molecule has 5 nitrogen and oxygen atoms in total. The molecule has 0 atom stereocenters. The van der Waals surface area contributed by atoms with Gasteiger partial charge in [-0.1, -0.05) is 0 Å². The zero-order valence-electron chi connectivity index (χ0n) is 8.43. The van der Waals surface area contributed by atoms with Crippen LogP contribution in [0.15, 0.2) is 17.6 Å². The van der Waals surface area contributed by atoms with E-state index in [1.807, 2.05) is 19.0 Å². The maximum Gasteiger partial charge on any atom is 0.246 e. The minimum absolute atomic E-state index is 0.125. The molecule has 1 heterocycles. The molecule has 0 N–H and O–H groups in total. The van der Waals surface area contributed by atoms with E-state index in [1.54, 1.807) is 0 Å². The monoisotopic (exact) mass is 215 g/mol. The summed E-state index contributed by atoms with van der Waals surface area (Å²) in [6, 6.07) is 0. The molecule has 1 aromatic heterocycles. The predicted molar refractivity (Wildman–Crippen MR) is 52.5 cm³/mol. The fraction of sp³-hybridized carbons (Fsp3) is 0.500. The van der Waals surface area contributed by atoms with Gasteiger partial charge in [0.15, 0.2) is 0 Å². The molecule has 14 heavy (non-hydrogen) atoms. The van der Waals surface area contributed by atoms with Crippen molar-refractivity contribution in [1.29, 1.82) is 0 Å². The van der Waals surface area contributed by atoms with Gasteiger partial charge in [0, 0.05) is 30.8 Å². The summed E-state index contributed by atoms with van der Waals surface area (Å²) in [6.07, 6.45) is 4.15. The Morgan fingerprint density at radius 3 is 2.14 bits per heavy atom. The predicted octanol–water partition coefficient (Wildman–Crippen LogP) is -0.0583. The van der Waals surface area contributed by atoms with Crippen molar-refractivity contribution >= 4 is 9.84 Å². The van der Waals surface area contributed by atoms with Crippen LogP contribution in [0, 0.1) is 0 Å². The van der Waals surface area contributed by atoms with Crippen molar-refractivity contribution in [3.8, 4) is 0 Å². The summed E-state index contributed by atoms with van der Waals surface area (Å²) in [6.45, 7) is 0.698. The van der Waals surface area contributed by atoms with E-state index in [1.165, 1.54) is 12.4 Å². The van der Waals surface area contributed by atoms with E-state index >= 15 is 0 Å². The Balaban J connectivity index is 2.90. The lowest BCUT2D eigenvalue weighted by molar-refractivity contribution is 0.400. The first-order valence-electron chi connectivity index (χ1n) is 4.05. The zero-order valence-corrected chi connectivity index (χ0v) is 9.24. The van der Waals surface area contributed by atoms with Crippen molar-refractivity contribution in [3.63, 3.8) is 0 Å². The van der Waals surface area contributed by atoms with Gasteiger partial charge >= 0.3 is 0 Å². The molecule has 0 aliphatic rings. The second kappa shape index (κ2) is 4.02. The van der Waals surface area contributed by atoms with E-state index in [0.717, 1.165) is 11.8 Å². The van der Waals surface area contributed by atoms with E-state index in [-0.39, 0.29) is 5.16 Å². The Labute approximate surface area is 83.7 Å². The van der Waals surface area contributed by atoms with Gasteiger partial charge < -0.3 is 4.90 Å². The normalized spacial score (nSPS) is 12.0. The summed E-state index contributed by atoms with van der Waals surface area (Å²) in [5.41, 5.74) is 0.891. The molecule has 0 radical (unpaired) electrons. The van der Waals surface area contributed by atoms with Crippen LogP contribution < -0.4 is 0 Å². The van der Waals surface area contributed by atoms with Gasteiger partial charge in [-0.2, -0.15) is 0 Å². The molecule has 78 valence electrons. The molecule has 6 heteroatoms. The largest absolute Gasteiger partial charge is 0.305 e.